The number of allylic oxidation sites excluding steroid dienone is 1. The van der Waals surface area contributed by atoms with Gasteiger partial charge in [0.15, 0.2) is 0 Å². The Kier molecular flexibility index (Phi) is 6.34. The number of carbonyl (C=O) groups excluding carboxylic acids is 1. The third kappa shape index (κ3) is 4.70. The second-order valence-electron chi connectivity index (χ2n) is 5.31. The van der Waals surface area contributed by atoms with Crippen molar-refractivity contribution < 1.29 is 19.4 Å². The summed E-state index contributed by atoms with van der Waals surface area (Å²) in [6.07, 6.45) is 0.118. The first kappa shape index (κ1) is 18.3. The molecule has 2 aromatic rings. The van der Waals surface area contributed by atoms with E-state index >= 15 is 0 Å². The Morgan fingerprint density at radius 3 is 2.28 bits per heavy atom. The molecule has 5 nitrogen and oxygen atoms in total. The number of aliphatic hydroxyl groups excluding tert-OH is 1. The summed E-state index contributed by atoms with van der Waals surface area (Å²) in [5.74, 6) is -0.199. The lowest BCUT2D eigenvalue weighted by Gasteiger charge is -2.12. The Hall–Kier alpha value is -3.08. The molecule has 0 bridgehead atoms. The van der Waals surface area contributed by atoms with E-state index in [0.29, 0.717) is 11.3 Å². The summed E-state index contributed by atoms with van der Waals surface area (Å²) in [4.78, 5) is 12.3. The van der Waals surface area contributed by atoms with Gasteiger partial charge in [0, 0.05) is 12.0 Å². The Labute approximate surface area is 147 Å². The number of hydrogen-bond donors (Lipinski definition) is 2. The number of ether oxygens (including phenoxy) is 2. The maximum Gasteiger partial charge on any atom is 0.343 e. The Balaban J connectivity index is 2.36. The van der Waals surface area contributed by atoms with Gasteiger partial charge in [-0.3, -0.25) is 5.41 Å². The average molecular weight is 339 g/mol. The molecule has 0 aromatic heterocycles. The highest BCUT2D eigenvalue weighted by molar-refractivity contribution is 6.25. The molecule has 0 heterocycles. The highest BCUT2D eigenvalue weighted by Crippen LogP contribution is 2.18. The van der Waals surface area contributed by atoms with Crippen molar-refractivity contribution >= 4 is 11.7 Å². The van der Waals surface area contributed by atoms with Crippen molar-refractivity contribution in [2.24, 2.45) is 0 Å². The Bertz CT molecular complexity index is 764. The maximum atomic E-state index is 12.3. The molecule has 25 heavy (non-hydrogen) atoms. The van der Waals surface area contributed by atoms with E-state index in [9.17, 15) is 9.90 Å². The minimum Gasteiger partial charge on any atom is -0.511 e. The first-order valence-corrected chi connectivity index (χ1v) is 7.93. The number of hydrogen-bond acceptors (Lipinski definition) is 5. The molecule has 5 heteroatoms. The van der Waals surface area contributed by atoms with E-state index in [-0.39, 0.29) is 30.1 Å². The molecule has 0 spiro atoms. The number of benzene rings is 2. The van der Waals surface area contributed by atoms with Gasteiger partial charge in [-0.1, -0.05) is 42.5 Å². The van der Waals surface area contributed by atoms with E-state index in [4.69, 9.17) is 14.9 Å². The molecule has 2 N–H and O–H groups in total. The van der Waals surface area contributed by atoms with Gasteiger partial charge >= 0.3 is 5.97 Å². The summed E-state index contributed by atoms with van der Waals surface area (Å²) in [5.41, 5.74) is 1.14. The van der Waals surface area contributed by atoms with Crippen LogP contribution in [0.2, 0.25) is 0 Å². The van der Waals surface area contributed by atoms with E-state index < -0.39 is 5.97 Å². The van der Waals surface area contributed by atoms with Crippen LogP contribution in [0.1, 0.15) is 18.1 Å². The number of methoxy groups -OCH3 is 1. The van der Waals surface area contributed by atoms with Crippen molar-refractivity contribution in [2.45, 2.75) is 13.3 Å². The maximum absolute atomic E-state index is 12.3. The summed E-state index contributed by atoms with van der Waals surface area (Å²) in [5, 5.41) is 18.8. The minimum atomic E-state index is -0.706. The molecule has 2 rings (SSSR count). The van der Waals surface area contributed by atoms with Crippen LogP contribution in [-0.4, -0.2) is 30.5 Å². The van der Waals surface area contributed by atoms with E-state index in [1.807, 2.05) is 6.07 Å². The minimum absolute atomic E-state index is 0.0648. The summed E-state index contributed by atoms with van der Waals surface area (Å²) in [7, 11) is 1.58. The predicted octanol–water partition coefficient (Wildman–Crippen LogP) is 3.68. The second-order valence-corrected chi connectivity index (χ2v) is 5.31. The van der Waals surface area contributed by atoms with Gasteiger partial charge in [-0.25, -0.2) is 4.79 Å². The zero-order valence-corrected chi connectivity index (χ0v) is 14.3. The van der Waals surface area contributed by atoms with E-state index in [1.165, 1.54) is 0 Å². The molecule has 2 aromatic carbocycles. The van der Waals surface area contributed by atoms with Gasteiger partial charge in [0.2, 0.25) is 0 Å². The van der Waals surface area contributed by atoms with Crippen LogP contribution in [0, 0.1) is 5.41 Å². The SMILES string of the molecule is CCOC(=O)/C(C(=N)c1ccccc1)=C(/O)Cc1ccc(OC)cc1. The van der Waals surface area contributed by atoms with Crippen molar-refractivity contribution in [1.82, 2.24) is 0 Å². The third-order valence-corrected chi connectivity index (χ3v) is 3.61. The molecule has 0 fully saturated rings. The van der Waals surface area contributed by atoms with Gasteiger partial charge in [0.05, 0.1) is 19.4 Å². The molecule has 0 aliphatic carbocycles. The molecule has 130 valence electrons. The molecule has 0 saturated heterocycles. The molecule has 0 unspecified atom stereocenters. The largest absolute Gasteiger partial charge is 0.511 e. The van der Waals surface area contributed by atoms with Crippen molar-refractivity contribution in [2.75, 3.05) is 13.7 Å². The van der Waals surface area contributed by atoms with Crippen LogP contribution in [0.15, 0.2) is 65.9 Å². The fraction of sp³-hybridized carbons (Fsp3) is 0.200. The Morgan fingerprint density at radius 2 is 1.72 bits per heavy atom. The monoisotopic (exact) mass is 339 g/mol. The summed E-state index contributed by atoms with van der Waals surface area (Å²) >= 11 is 0. The molecule has 0 amide bonds. The predicted molar refractivity (Wildman–Crippen MR) is 96.3 cm³/mol. The number of carbonyl (C=O) groups is 1. The van der Waals surface area contributed by atoms with Gasteiger partial charge in [0.25, 0.3) is 0 Å². The van der Waals surface area contributed by atoms with Crippen LogP contribution in [-0.2, 0) is 16.0 Å². The number of rotatable bonds is 7. The summed E-state index contributed by atoms with van der Waals surface area (Å²) in [6.45, 7) is 1.85. The molecule has 0 aliphatic rings. The van der Waals surface area contributed by atoms with Crippen molar-refractivity contribution in [3.8, 4) is 5.75 Å². The molecule has 0 saturated carbocycles. The molecular weight excluding hydrogens is 318 g/mol. The zero-order chi connectivity index (χ0) is 18.2. The van der Waals surface area contributed by atoms with E-state index in [1.54, 1.807) is 62.6 Å². The van der Waals surface area contributed by atoms with Crippen LogP contribution >= 0.6 is 0 Å². The van der Waals surface area contributed by atoms with Gasteiger partial charge in [0.1, 0.15) is 17.1 Å². The molecular formula is C20H21NO4. The standard InChI is InChI=1S/C20H21NO4/c1-3-25-20(23)18(19(21)15-7-5-4-6-8-15)17(22)13-14-9-11-16(24-2)12-10-14/h4-12,21-22H,3,13H2,1-2H3/b18-17+,21-19?. The van der Waals surface area contributed by atoms with E-state index in [0.717, 1.165) is 5.56 Å². The number of esters is 1. The zero-order valence-electron chi connectivity index (χ0n) is 14.3. The van der Waals surface area contributed by atoms with Gasteiger partial charge in [-0.15, -0.1) is 0 Å². The smallest absolute Gasteiger partial charge is 0.343 e. The summed E-state index contributed by atoms with van der Waals surface area (Å²) in [6, 6.07) is 15.9. The first-order chi connectivity index (χ1) is 12.1. The normalized spacial score (nSPS) is 11.4. The first-order valence-electron chi connectivity index (χ1n) is 7.93. The third-order valence-electron chi connectivity index (χ3n) is 3.61. The highest BCUT2D eigenvalue weighted by Gasteiger charge is 2.23. The lowest BCUT2D eigenvalue weighted by molar-refractivity contribution is -0.138. The lowest BCUT2D eigenvalue weighted by atomic mass is 9.98. The summed E-state index contributed by atoms with van der Waals surface area (Å²) < 4.78 is 10.1. The molecule has 0 aliphatic heterocycles. The Morgan fingerprint density at radius 1 is 1.08 bits per heavy atom. The van der Waals surface area contributed by atoms with Gasteiger partial charge in [-0.05, 0) is 24.6 Å². The quantitative estimate of drug-likeness (QED) is 0.349. The number of nitrogens with one attached hydrogen (secondary N) is 1. The van der Waals surface area contributed by atoms with Crippen LogP contribution in [0.25, 0.3) is 0 Å². The van der Waals surface area contributed by atoms with Crippen molar-refractivity contribution in [1.29, 1.82) is 5.41 Å². The highest BCUT2D eigenvalue weighted by atomic mass is 16.5. The van der Waals surface area contributed by atoms with E-state index in [2.05, 4.69) is 0 Å². The fourth-order valence-corrected chi connectivity index (χ4v) is 2.34. The van der Waals surface area contributed by atoms with Crippen LogP contribution < -0.4 is 4.74 Å². The van der Waals surface area contributed by atoms with Crippen molar-refractivity contribution in [3.63, 3.8) is 0 Å². The van der Waals surface area contributed by atoms with Gasteiger partial charge in [-0.2, -0.15) is 0 Å². The van der Waals surface area contributed by atoms with Crippen LogP contribution in [0.4, 0.5) is 0 Å². The van der Waals surface area contributed by atoms with Gasteiger partial charge < -0.3 is 14.6 Å². The molecule has 0 radical (unpaired) electrons. The molecule has 0 atom stereocenters. The van der Waals surface area contributed by atoms with Crippen LogP contribution in [0.3, 0.4) is 0 Å². The average Bonchev–Trinajstić information content (AvgIpc) is 2.63. The lowest BCUT2D eigenvalue weighted by Crippen LogP contribution is -2.19. The topological polar surface area (TPSA) is 79.6 Å². The second kappa shape index (κ2) is 8.68. The fourth-order valence-electron chi connectivity index (χ4n) is 2.34. The number of aliphatic hydroxyl groups is 1. The van der Waals surface area contributed by atoms with Crippen LogP contribution in [0.5, 0.6) is 5.75 Å². The van der Waals surface area contributed by atoms with Crippen molar-refractivity contribution in [3.05, 3.63) is 77.1 Å².